The zero-order valence-electron chi connectivity index (χ0n) is 14.1. The van der Waals surface area contributed by atoms with Gasteiger partial charge in [0.05, 0.1) is 17.8 Å². The number of aryl methyl sites for hydroxylation is 2. The summed E-state index contributed by atoms with van der Waals surface area (Å²) in [6.45, 7) is 10.4. The Bertz CT molecular complexity index is 494. The van der Waals surface area contributed by atoms with Crippen LogP contribution in [0.15, 0.2) is 6.07 Å². The van der Waals surface area contributed by atoms with Crippen LogP contribution in [0.5, 0.6) is 0 Å². The first kappa shape index (κ1) is 16.8. The molecule has 0 bridgehead atoms. The summed E-state index contributed by atoms with van der Waals surface area (Å²) >= 11 is 0. The molecule has 0 saturated carbocycles. The smallest absolute Gasteiger partial charge is 0.315 e. The van der Waals surface area contributed by atoms with Gasteiger partial charge in [-0.2, -0.15) is 5.10 Å². The molecule has 1 saturated heterocycles. The average Bonchev–Trinajstić information content (AvgIpc) is 3.07. The molecule has 1 aromatic rings. The van der Waals surface area contributed by atoms with E-state index in [1.165, 1.54) is 0 Å². The first-order valence-electron chi connectivity index (χ1n) is 8.12. The van der Waals surface area contributed by atoms with Crippen LogP contribution in [0.2, 0.25) is 0 Å². The quantitative estimate of drug-likeness (QED) is 0.844. The minimum atomic E-state index is -0.122. The number of urea groups is 1. The molecular formula is C16H28N4O2. The largest absolute Gasteiger partial charge is 0.376 e. The van der Waals surface area contributed by atoms with Crippen molar-refractivity contribution in [2.45, 2.75) is 59.2 Å². The number of carbonyl (C=O) groups excluding carboxylic acids is 1. The van der Waals surface area contributed by atoms with E-state index in [9.17, 15) is 4.79 Å². The van der Waals surface area contributed by atoms with Gasteiger partial charge >= 0.3 is 6.03 Å². The van der Waals surface area contributed by atoms with E-state index in [-0.39, 0.29) is 18.2 Å². The number of ether oxygens (including phenoxy) is 1. The fourth-order valence-corrected chi connectivity index (χ4v) is 2.83. The van der Waals surface area contributed by atoms with Gasteiger partial charge in [-0.25, -0.2) is 4.79 Å². The second kappa shape index (κ2) is 7.63. The summed E-state index contributed by atoms with van der Waals surface area (Å²) in [7, 11) is 0. The Morgan fingerprint density at radius 3 is 2.86 bits per heavy atom. The van der Waals surface area contributed by atoms with Gasteiger partial charge in [0.25, 0.3) is 0 Å². The van der Waals surface area contributed by atoms with Crippen LogP contribution in [0, 0.1) is 19.8 Å². The van der Waals surface area contributed by atoms with Crippen molar-refractivity contribution in [1.29, 1.82) is 0 Å². The zero-order valence-corrected chi connectivity index (χ0v) is 14.1. The molecule has 22 heavy (non-hydrogen) atoms. The Balaban J connectivity index is 1.70. The Labute approximate surface area is 132 Å². The molecule has 1 fully saturated rings. The van der Waals surface area contributed by atoms with E-state index in [0.29, 0.717) is 12.5 Å². The third-order valence-electron chi connectivity index (χ3n) is 4.08. The van der Waals surface area contributed by atoms with E-state index < -0.39 is 0 Å². The maximum absolute atomic E-state index is 11.9. The van der Waals surface area contributed by atoms with Gasteiger partial charge in [0, 0.05) is 25.4 Å². The highest BCUT2D eigenvalue weighted by Crippen LogP contribution is 2.15. The lowest BCUT2D eigenvalue weighted by atomic mass is 10.1. The zero-order chi connectivity index (χ0) is 16.1. The molecule has 0 aromatic carbocycles. The second-order valence-corrected chi connectivity index (χ2v) is 6.41. The van der Waals surface area contributed by atoms with Crippen molar-refractivity contribution in [2.24, 2.45) is 5.92 Å². The van der Waals surface area contributed by atoms with E-state index >= 15 is 0 Å². The lowest BCUT2D eigenvalue weighted by Gasteiger charge is -2.21. The SMILES string of the molecule is Cc1cc(C)n(C[C@H](C)CNC(=O)N[C@@H](C)[C@H]2CCCO2)n1. The van der Waals surface area contributed by atoms with E-state index in [4.69, 9.17) is 4.74 Å². The molecule has 0 radical (unpaired) electrons. The Hall–Kier alpha value is -1.56. The van der Waals surface area contributed by atoms with Gasteiger partial charge in [-0.1, -0.05) is 6.92 Å². The standard InChI is InChI=1S/C16H28N4O2/c1-11(10-20-13(3)8-12(2)19-20)9-17-16(21)18-14(4)15-6-5-7-22-15/h8,11,14-15H,5-7,9-10H2,1-4H3,(H2,17,18,21)/t11-,14+,15-/m1/s1. The second-order valence-electron chi connectivity index (χ2n) is 6.41. The molecule has 2 amide bonds. The molecule has 0 spiro atoms. The first-order chi connectivity index (χ1) is 10.5. The van der Waals surface area contributed by atoms with Crippen molar-refractivity contribution in [2.75, 3.05) is 13.2 Å². The highest BCUT2D eigenvalue weighted by molar-refractivity contribution is 5.74. The molecule has 0 aliphatic carbocycles. The summed E-state index contributed by atoms with van der Waals surface area (Å²) < 4.78 is 7.58. The van der Waals surface area contributed by atoms with Crippen LogP contribution in [0.3, 0.4) is 0 Å². The molecule has 2 N–H and O–H groups in total. The molecule has 124 valence electrons. The number of nitrogens with one attached hydrogen (secondary N) is 2. The van der Waals surface area contributed by atoms with Crippen LogP contribution in [-0.4, -0.2) is 41.1 Å². The van der Waals surface area contributed by atoms with Crippen LogP contribution in [-0.2, 0) is 11.3 Å². The summed E-state index contributed by atoms with van der Waals surface area (Å²) in [6.07, 6.45) is 2.26. The van der Waals surface area contributed by atoms with Gasteiger partial charge in [0.2, 0.25) is 0 Å². The predicted molar refractivity (Wildman–Crippen MR) is 85.8 cm³/mol. The third-order valence-corrected chi connectivity index (χ3v) is 4.08. The van der Waals surface area contributed by atoms with Gasteiger partial charge < -0.3 is 15.4 Å². The van der Waals surface area contributed by atoms with Gasteiger partial charge in [-0.05, 0) is 45.6 Å². The van der Waals surface area contributed by atoms with Crippen molar-refractivity contribution in [1.82, 2.24) is 20.4 Å². The highest BCUT2D eigenvalue weighted by Gasteiger charge is 2.23. The lowest BCUT2D eigenvalue weighted by Crippen LogP contribution is -2.47. The Morgan fingerprint density at radius 1 is 1.50 bits per heavy atom. The Morgan fingerprint density at radius 2 is 2.27 bits per heavy atom. The topological polar surface area (TPSA) is 68.2 Å². The fraction of sp³-hybridized carbons (Fsp3) is 0.750. The van der Waals surface area contributed by atoms with Gasteiger partial charge in [-0.15, -0.1) is 0 Å². The van der Waals surface area contributed by atoms with Crippen LogP contribution < -0.4 is 10.6 Å². The molecule has 6 heteroatoms. The van der Waals surface area contributed by atoms with Crippen molar-refractivity contribution in [3.05, 3.63) is 17.5 Å². The minimum Gasteiger partial charge on any atom is -0.376 e. The van der Waals surface area contributed by atoms with Crippen LogP contribution >= 0.6 is 0 Å². The van der Waals surface area contributed by atoms with E-state index in [1.54, 1.807) is 0 Å². The molecule has 6 nitrogen and oxygen atoms in total. The molecule has 1 aromatic heterocycles. The van der Waals surface area contributed by atoms with Crippen molar-refractivity contribution in [3.63, 3.8) is 0 Å². The monoisotopic (exact) mass is 308 g/mol. The van der Waals surface area contributed by atoms with Gasteiger partial charge in [0.15, 0.2) is 0 Å². The summed E-state index contributed by atoms with van der Waals surface area (Å²) in [5, 5.41) is 10.3. The first-order valence-corrected chi connectivity index (χ1v) is 8.12. The van der Waals surface area contributed by atoms with Crippen molar-refractivity contribution in [3.8, 4) is 0 Å². The summed E-state index contributed by atoms with van der Waals surface area (Å²) in [6, 6.07) is 1.99. The van der Waals surface area contributed by atoms with Crippen LogP contribution in [0.1, 0.15) is 38.1 Å². The number of rotatable bonds is 6. The molecule has 1 aliphatic heterocycles. The van der Waals surface area contributed by atoms with Crippen molar-refractivity contribution < 1.29 is 9.53 Å². The molecular weight excluding hydrogens is 280 g/mol. The van der Waals surface area contributed by atoms with Crippen LogP contribution in [0.4, 0.5) is 4.79 Å². The molecule has 2 heterocycles. The number of nitrogens with zero attached hydrogens (tertiary/aromatic N) is 2. The normalized spacial score (nSPS) is 20.6. The van der Waals surface area contributed by atoms with Crippen molar-refractivity contribution >= 4 is 6.03 Å². The number of hydrogen-bond acceptors (Lipinski definition) is 3. The lowest BCUT2D eigenvalue weighted by molar-refractivity contribution is 0.0859. The van der Waals surface area contributed by atoms with Gasteiger partial charge in [-0.3, -0.25) is 4.68 Å². The predicted octanol–water partition coefficient (Wildman–Crippen LogP) is 2.00. The molecule has 2 rings (SSSR count). The molecule has 3 atom stereocenters. The number of amides is 2. The number of hydrogen-bond donors (Lipinski definition) is 2. The molecule has 1 aliphatic rings. The maximum Gasteiger partial charge on any atom is 0.315 e. The minimum absolute atomic E-state index is 0.0498. The Kier molecular flexibility index (Phi) is 5.83. The summed E-state index contributed by atoms with van der Waals surface area (Å²) in [4.78, 5) is 11.9. The molecule has 0 unspecified atom stereocenters. The van der Waals surface area contributed by atoms with Gasteiger partial charge in [0.1, 0.15) is 0 Å². The average molecular weight is 308 g/mol. The number of carbonyl (C=O) groups is 1. The summed E-state index contributed by atoms with van der Waals surface area (Å²) in [5.41, 5.74) is 2.18. The van der Waals surface area contributed by atoms with E-state index in [1.807, 2.05) is 18.5 Å². The summed E-state index contributed by atoms with van der Waals surface area (Å²) in [5.74, 6) is 0.321. The fourth-order valence-electron chi connectivity index (χ4n) is 2.83. The third kappa shape index (κ3) is 4.73. The highest BCUT2D eigenvalue weighted by atomic mass is 16.5. The van der Waals surface area contributed by atoms with E-state index in [2.05, 4.69) is 35.6 Å². The number of aromatic nitrogens is 2. The van der Waals surface area contributed by atoms with E-state index in [0.717, 1.165) is 37.4 Å². The maximum atomic E-state index is 11.9. The van der Waals surface area contributed by atoms with Crippen LogP contribution in [0.25, 0.3) is 0 Å².